The monoisotopic (exact) mass is 497 g/mol. The molecule has 5 rings (SSSR count). The second-order valence-corrected chi connectivity index (χ2v) is 10.4. The second kappa shape index (κ2) is 10.2. The van der Waals surface area contributed by atoms with E-state index in [1.165, 1.54) is 6.07 Å². The van der Waals surface area contributed by atoms with Crippen LogP contribution in [0, 0.1) is 17.8 Å². The van der Waals surface area contributed by atoms with E-state index in [2.05, 4.69) is 20.8 Å². The van der Waals surface area contributed by atoms with E-state index >= 15 is 0 Å². The summed E-state index contributed by atoms with van der Waals surface area (Å²) in [5.41, 5.74) is 1.21. The van der Waals surface area contributed by atoms with Crippen molar-refractivity contribution in [3.8, 4) is 11.5 Å². The molecule has 1 aliphatic heterocycles. The molecule has 6 heteroatoms. The van der Waals surface area contributed by atoms with Crippen LogP contribution in [0.5, 0.6) is 11.5 Å². The molecule has 3 atom stereocenters. The van der Waals surface area contributed by atoms with Crippen molar-refractivity contribution >= 4 is 23.5 Å². The molecule has 1 aliphatic carbocycles. The van der Waals surface area contributed by atoms with Gasteiger partial charge in [-0.15, -0.1) is 0 Å². The molecule has 2 amide bonds. The second-order valence-electron chi connectivity index (χ2n) is 10.4. The molecule has 0 unspecified atom stereocenters. The highest BCUT2D eigenvalue weighted by Crippen LogP contribution is 2.36. The van der Waals surface area contributed by atoms with Gasteiger partial charge in [-0.3, -0.25) is 9.59 Å². The topological polar surface area (TPSA) is 72.9 Å². The molecule has 1 saturated carbocycles. The van der Waals surface area contributed by atoms with Gasteiger partial charge in [0.15, 0.2) is 0 Å². The minimum atomic E-state index is -0.460. The van der Waals surface area contributed by atoms with Gasteiger partial charge in [0.2, 0.25) is 0 Å². The zero-order chi connectivity index (χ0) is 26.1. The third-order valence-electron chi connectivity index (χ3n) is 7.42. The molecule has 37 heavy (non-hydrogen) atoms. The number of amides is 2. The van der Waals surface area contributed by atoms with Crippen molar-refractivity contribution < 1.29 is 23.9 Å². The van der Waals surface area contributed by atoms with Crippen molar-refractivity contribution in [2.45, 2.75) is 46.1 Å². The van der Waals surface area contributed by atoms with Gasteiger partial charge in [0, 0.05) is 0 Å². The van der Waals surface area contributed by atoms with Crippen molar-refractivity contribution in [2.75, 3.05) is 4.90 Å². The molecule has 190 valence electrons. The summed E-state index contributed by atoms with van der Waals surface area (Å²) in [6.45, 7) is 6.51. The van der Waals surface area contributed by atoms with Crippen LogP contribution in [0.15, 0.2) is 72.8 Å². The summed E-state index contributed by atoms with van der Waals surface area (Å²) in [6, 6.07) is 20.7. The number of ether oxygens (including phenoxy) is 2. The summed E-state index contributed by atoms with van der Waals surface area (Å²) in [7, 11) is 0. The van der Waals surface area contributed by atoms with Gasteiger partial charge in [-0.25, -0.2) is 9.69 Å². The predicted octanol–water partition coefficient (Wildman–Crippen LogP) is 6.90. The third-order valence-corrected chi connectivity index (χ3v) is 7.42. The molecule has 0 bridgehead atoms. The van der Waals surface area contributed by atoms with Gasteiger partial charge in [0.05, 0.1) is 22.4 Å². The molecule has 0 radical (unpaired) electrons. The molecular weight excluding hydrogens is 466 g/mol. The largest absolute Gasteiger partial charge is 0.458 e. The van der Waals surface area contributed by atoms with E-state index in [-0.39, 0.29) is 22.8 Å². The quantitative estimate of drug-likeness (QED) is 0.274. The fourth-order valence-electron chi connectivity index (χ4n) is 5.35. The first-order valence-electron chi connectivity index (χ1n) is 12.9. The van der Waals surface area contributed by atoms with Gasteiger partial charge in [-0.1, -0.05) is 45.4 Å². The van der Waals surface area contributed by atoms with Gasteiger partial charge in [-0.05, 0) is 85.2 Å². The number of benzene rings is 3. The van der Waals surface area contributed by atoms with Crippen molar-refractivity contribution in [1.82, 2.24) is 0 Å². The lowest BCUT2D eigenvalue weighted by molar-refractivity contribution is -0.0174. The smallest absolute Gasteiger partial charge is 0.338 e. The Morgan fingerprint density at radius 1 is 0.865 bits per heavy atom. The molecule has 0 aromatic heterocycles. The maximum Gasteiger partial charge on any atom is 0.338 e. The fourth-order valence-corrected chi connectivity index (χ4v) is 5.35. The maximum atomic E-state index is 13.3. The lowest BCUT2D eigenvalue weighted by atomic mass is 9.75. The minimum absolute atomic E-state index is 0.144. The first-order valence-corrected chi connectivity index (χ1v) is 12.9. The molecular formula is C31H31NO5. The highest BCUT2D eigenvalue weighted by molar-refractivity contribution is 6.34. The van der Waals surface area contributed by atoms with Gasteiger partial charge < -0.3 is 9.47 Å². The molecule has 3 aromatic carbocycles. The summed E-state index contributed by atoms with van der Waals surface area (Å²) >= 11 is 0. The van der Waals surface area contributed by atoms with Gasteiger partial charge in [0.25, 0.3) is 11.8 Å². The molecule has 3 aromatic rings. The Kier molecular flexibility index (Phi) is 6.83. The van der Waals surface area contributed by atoms with Crippen LogP contribution in [-0.2, 0) is 4.74 Å². The third kappa shape index (κ3) is 5.01. The molecule has 1 fully saturated rings. The van der Waals surface area contributed by atoms with Crippen LogP contribution in [0.25, 0.3) is 0 Å². The van der Waals surface area contributed by atoms with Crippen molar-refractivity contribution in [2.24, 2.45) is 17.8 Å². The highest BCUT2D eigenvalue weighted by atomic mass is 16.5. The number of hydrogen-bond donors (Lipinski definition) is 0. The number of esters is 1. The van der Waals surface area contributed by atoms with E-state index in [4.69, 9.17) is 9.47 Å². The van der Waals surface area contributed by atoms with Gasteiger partial charge >= 0.3 is 5.97 Å². The van der Waals surface area contributed by atoms with E-state index < -0.39 is 17.8 Å². The zero-order valence-corrected chi connectivity index (χ0v) is 21.3. The van der Waals surface area contributed by atoms with Crippen molar-refractivity contribution in [3.05, 3.63) is 89.5 Å². The summed E-state index contributed by atoms with van der Waals surface area (Å²) in [4.78, 5) is 40.5. The van der Waals surface area contributed by atoms with Crippen LogP contribution in [-0.4, -0.2) is 23.9 Å². The number of fused-ring (bicyclic) bond motifs is 1. The van der Waals surface area contributed by atoms with E-state index in [1.807, 2.05) is 30.3 Å². The molecule has 0 spiro atoms. The van der Waals surface area contributed by atoms with Crippen molar-refractivity contribution in [3.63, 3.8) is 0 Å². The first kappa shape index (κ1) is 24.8. The van der Waals surface area contributed by atoms with E-state index in [9.17, 15) is 14.4 Å². The normalized spacial score (nSPS) is 21.2. The van der Waals surface area contributed by atoms with Crippen LogP contribution in [0.2, 0.25) is 0 Å². The van der Waals surface area contributed by atoms with E-state index in [0.29, 0.717) is 34.9 Å². The summed E-state index contributed by atoms with van der Waals surface area (Å²) in [5.74, 6) is 1.20. The number of para-hydroxylation sites is 1. The molecule has 2 aliphatic rings. The molecule has 0 N–H and O–H groups in total. The average Bonchev–Trinajstić information content (AvgIpc) is 3.14. The van der Waals surface area contributed by atoms with Gasteiger partial charge in [-0.2, -0.15) is 0 Å². The highest BCUT2D eigenvalue weighted by Gasteiger charge is 2.38. The number of carbonyl (C=O) groups is 3. The number of imide groups is 1. The van der Waals surface area contributed by atoms with Crippen LogP contribution in [0.3, 0.4) is 0 Å². The Morgan fingerprint density at radius 2 is 1.54 bits per heavy atom. The number of anilines is 1. The standard InChI is InChI=1S/C31H31NO5/c1-19(2)25-15-9-20(3)17-28(25)37-31(35)21-10-16-26-27(18-21)30(34)32(29(26)33)22-11-13-24(14-12-22)36-23-7-5-4-6-8-23/h4-8,10-14,16,18-20,25,28H,9,15,17H2,1-3H3/t20-,25+,28-/m1/s1. The van der Waals surface area contributed by atoms with Crippen LogP contribution >= 0.6 is 0 Å². The predicted molar refractivity (Wildman–Crippen MR) is 141 cm³/mol. The SMILES string of the molecule is CC(C)[C@@H]1CC[C@@H](C)C[C@H]1OC(=O)c1ccc2c(c1)C(=O)N(c1ccc(Oc3ccccc3)cc1)C2=O. The number of carbonyl (C=O) groups excluding carboxylic acids is 3. The molecule has 0 saturated heterocycles. The van der Waals surface area contributed by atoms with E-state index in [1.54, 1.807) is 36.4 Å². The Labute approximate surface area is 217 Å². The Hall–Kier alpha value is -3.93. The number of rotatable bonds is 6. The van der Waals surface area contributed by atoms with Crippen LogP contribution < -0.4 is 9.64 Å². The van der Waals surface area contributed by atoms with E-state index in [0.717, 1.165) is 24.2 Å². The Bertz CT molecular complexity index is 1320. The Morgan fingerprint density at radius 3 is 2.24 bits per heavy atom. The fraction of sp³-hybridized carbons (Fsp3) is 0.323. The summed E-state index contributed by atoms with van der Waals surface area (Å²) in [6.07, 6.45) is 2.88. The summed E-state index contributed by atoms with van der Waals surface area (Å²) in [5, 5.41) is 0. The lowest BCUT2D eigenvalue weighted by Gasteiger charge is -2.36. The zero-order valence-electron chi connectivity index (χ0n) is 21.3. The average molecular weight is 498 g/mol. The van der Waals surface area contributed by atoms with Crippen LogP contribution in [0.4, 0.5) is 5.69 Å². The number of nitrogens with zero attached hydrogens (tertiary/aromatic N) is 1. The van der Waals surface area contributed by atoms with Gasteiger partial charge in [0.1, 0.15) is 17.6 Å². The molecule has 1 heterocycles. The maximum absolute atomic E-state index is 13.3. The van der Waals surface area contributed by atoms with Crippen LogP contribution in [0.1, 0.15) is 71.1 Å². The summed E-state index contributed by atoms with van der Waals surface area (Å²) < 4.78 is 11.8. The molecule has 6 nitrogen and oxygen atoms in total. The Balaban J connectivity index is 1.32. The first-order chi connectivity index (χ1) is 17.8. The van der Waals surface area contributed by atoms with Crippen molar-refractivity contribution in [1.29, 1.82) is 0 Å². The number of hydrogen-bond acceptors (Lipinski definition) is 5. The minimum Gasteiger partial charge on any atom is -0.458 e. The lowest BCUT2D eigenvalue weighted by Crippen LogP contribution is -2.35.